The van der Waals surface area contributed by atoms with Crippen LogP contribution in [0.2, 0.25) is 0 Å². The van der Waals surface area contributed by atoms with E-state index in [1.165, 1.54) is 12.1 Å². The van der Waals surface area contributed by atoms with E-state index in [-0.39, 0.29) is 17.1 Å². The second-order valence-corrected chi connectivity index (χ2v) is 10.2. The molecule has 0 radical (unpaired) electrons. The van der Waals surface area contributed by atoms with Gasteiger partial charge in [-0.1, -0.05) is 24.3 Å². The number of phenolic OH excluding ortho intramolecular Hbond substituents is 3. The Morgan fingerprint density at radius 2 is 1.63 bits per heavy atom. The summed E-state index contributed by atoms with van der Waals surface area (Å²) in [5.74, 6) is -4.11. The Morgan fingerprint density at radius 1 is 0.884 bits per heavy atom. The van der Waals surface area contributed by atoms with Crippen LogP contribution in [0.3, 0.4) is 0 Å². The summed E-state index contributed by atoms with van der Waals surface area (Å²) in [5.41, 5.74) is 2.67. The summed E-state index contributed by atoms with van der Waals surface area (Å²) >= 11 is 0. The molecule has 0 spiro atoms. The first-order valence-corrected chi connectivity index (χ1v) is 13.1. The van der Waals surface area contributed by atoms with Gasteiger partial charge in [-0.3, -0.25) is 9.79 Å². The predicted molar refractivity (Wildman–Crippen MR) is 148 cm³/mol. The summed E-state index contributed by atoms with van der Waals surface area (Å²) in [5, 5.41) is 70.7. The molecule has 0 bridgehead atoms. The maximum absolute atomic E-state index is 13.2. The van der Waals surface area contributed by atoms with Crippen molar-refractivity contribution in [1.82, 2.24) is 0 Å². The average Bonchev–Trinajstić information content (AvgIpc) is 2.99. The molecule has 1 aromatic heterocycles. The lowest BCUT2D eigenvalue weighted by molar-refractivity contribution is -0.271. The van der Waals surface area contributed by atoms with E-state index >= 15 is 0 Å². The zero-order valence-corrected chi connectivity index (χ0v) is 22.1. The molecule has 2 aliphatic rings. The standard InChI is InChI=1S/C30H25NO12/c32-14-5-6-15(16(8-14)17-7-12-3-1-2-4-13(12)11-31-17)19-9-18(33)22-20(41-19)10-21(23(34)24(22)35)42-30-27(38)25(36)26(37)28(43-30)29(39)40/h1-6,8-10,25-28,30,32,34-38H,7,11H2,(H,39,40)/t25-,26-,27+,28-,30-/m0/s1. The van der Waals surface area contributed by atoms with Crippen molar-refractivity contribution < 1.29 is 54.4 Å². The molecule has 13 nitrogen and oxygen atoms in total. The Bertz CT molecular complexity index is 1850. The first-order valence-electron chi connectivity index (χ1n) is 13.1. The lowest BCUT2D eigenvalue weighted by atomic mass is 9.92. The Balaban J connectivity index is 1.42. The summed E-state index contributed by atoms with van der Waals surface area (Å²) in [6, 6.07) is 14.4. The highest BCUT2D eigenvalue weighted by atomic mass is 16.7. The minimum Gasteiger partial charge on any atom is -0.508 e. The Labute approximate surface area is 241 Å². The monoisotopic (exact) mass is 591 g/mol. The minimum absolute atomic E-state index is 0.0311. The number of hydrogen-bond acceptors (Lipinski definition) is 12. The summed E-state index contributed by atoms with van der Waals surface area (Å²) < 4.78 is 16.5. The number of benzene rings is 3. The highest BCUT2D eigenvalue weighted by Crippen LogP contribution is 2.43. The zero-order chi connectivity index (χ0) is 30.6. The van der Waals surface area contributed by atoms with Crippen molar-refractivity contribution in [3.63, 3.8) is 0 Å². The number of carboxylic acid groups (broad SMARTS) is 1. The fourth-order valence-corrected chi connectivity index (χ4v) is 5.23. The predicted octanol–water partition coefficient (Wildman–Crippen LogP) is 1.39. The van der Waals surface area contributed by atoms with Crippen molar-refractivity contribution in [1.29, 1.82) is 0 Å². The quantitative estimate of drug-likeness (QED) is 0.164. The number of fused-ring (bicyclic) bond motifs is 2. The van der Waals surface area contributed by atoms with E-state index in [1.54, 1.807) is 6.07 Å². The number of carboxylic acids is 1. The molecule has 4 aromatic rings. The molecule has 0 saturated carbocycles. The number of aromatic hydroxyl groups is 3. The van der Waals surface area contributed by atoms with Gasteiger partial charge in [0.25, 0.3) is 0 Å². The molecule has 3 aromatic carbocycles. The molecule has 13 heteroatoms. The second kappa shape index (κ2) is 10.7. The van der Waals surface area contributed by atoms with Crippen LogP contribution < -0.4 is 10.2 Å². The van der Waals surface area contributed by atoms with Crippen LogP contribution in [-0.2, 0) is 22.5 Å². The average molecular weight is 592 g/mol. The van der Waals surface area contributed by atoms with Crippen molar-refractivity contribution in [2.45, 2.75) is 43.7 Å². The maximum atomic E-state index is 13.2. The van der Waals surface area contributed by atoms with Crippen LogP contribution in [-0.4, -0.2) is 78.1 Å². The molecular formula is C30H25NO12. The van der Waals surface area contributed by atoms with Gasteiger partial charge in [-0.25, -0.2) is 4.79 Å². The molecule has 0 unspecified atom stereocenters. The van der Waals surface area contributed by atoms with Crippen LogP contribution in [0, 0.1) is 0 Å². The van der Waals surface area contributed by atoms with Gasteiger partial charge in [0.15, 0.2) is 23.0 Å². The molecule has 3 heterocycles. The second-order valence-electron chi connectivity index (χ2n) is 10.2. The molecule has 222 valence electrons. The molecule has 43 heavy (non-hydrogen) atoms. The SMILES string of the molecule is O=C(O)[C@H]1O[C@H](Oc2cc3oc(-c4ccc(O)cc4C4=NCc5ccccc5C4)cc(=O)c3c(O)c2O)[C@H](O)[C@@H](O)[C@@H]1O. The number of aliphatic carboxylic acids is 1. The molecule has 0 amide bonds. The van der Waals surface area contributed by atoms with Gasteiger partial charge < -0.3 is 49.6 Å². The molecule has 5 atom stereocenters. The van der Waals surface area contributed by atoms with Crippen molar-refractivity contribution in [3.05, 3.63) is 81.5 Å². The summed E-state index contributed by atoms with van der Waals surface area (Å²) in [4.78, 5) is 29.3. The first-order chi connectivity index (χ1) is 20.5. The topological polar surface area (TPSA) is 220 Å². The molecule has 1 fully saturated rings. The maximum Gasteiger partial charge on any atom is 0.335 e. The molecule has 0 aliphatic carbocycles. The van der Waals surface area contributed by atoms with Crippen LogP contribution in [0.4, 0.5) is 0 Å². The van der Waals surface area contributed by atoms with Gasteiger partial charge in [-0.15, -0.1) is 0 Å². The van der Waals surface area contributed by atoms with Crippen LogP contribution in [0.5, 0.6) is 23.0 Å². The van der Waals surface area contributed by atoms with Crippen LogP contribution in [0.1, 0.15) is 16.7 Å². The fraction of sp³-hybridized carbons (Fsp3) is 0.233. The number of aliphatic hydroxyl groups is 3. The minimum atomic E-state index is -1.98. The zero-order valence-electron chi connectivity index (χ0n) is 22.1. The number of ether oxygens (including phenoxy) is 2. The van der Waals surface area contributed by atoms with E-state index in [0.29, 0.717) is 29.8 Å². The molecule has 7 N–H and O–H groups in total. The van der Waals surface area contributed by atoms with Gasteiger partial charge in [0.05, 0.1) is 6.54 Å². The lowest BCUT2D eigenvalue weighted by Gasteiger charge is -2.38. The lowest BCUT2D eigenvalue weighted by Crippen LogP contribution is -2.61. The van der Waals surface area contributed by atoms with Crippen molar-refractivity contribution in [2.75, 3.05) is 0 Å². The number of rotatable bonds is 5. The van der Waals surface area contributed by atoms with E-state index in [0.717, 1.165) is 23.3 Å². The molecule has 1 saturated heterocycles. The van der Waals surface area contributed by atoms with Crippen molar-refractivity contribution >= 4 is 22.7 Å². The smallest absolute Gasteiger partial charge is 0.335 e. The summed E-state index contributed by atoms with van der Waals surface area (Å²) in [6.07, 6.45) is -9.35. The number of hydrogen-bond donors (Lipinski definition) is 7. The highest BCUT2D eigenvalue weighted by molar-refractivity contribution is 6.07. The molecule has 2 aliphatic heterocycles. The third kappa shape index (κ3) is 4.93. The number of nitrogens with zero attached hydrogens (tertiary/aromatic N) is 1. The third-order valence-electron chi connectivity index (χ3n) is 7.48. The van der Waals surface area contributed by atoms with Gasteiger partial charge >= 0.3 is 5.97 Å². The summed E-state index contributed by atoms with van der Waals surface area (Å²) in [7, 11) is 0. The third-order valence-corrected chi connectivity index (χ3v) is 7.48. The van der Waals surface area contributed by atoms with Gasteiger partial charge in [-0.2, -0.15) is 0 Å². The molecule has 6 rings (SSSR count). The highest BCUT2D eigenvalue weighted by Gasteiger charge is 2.48. The Kier molecular flexibility index (Phi) is 7.02. The number of phenols is 3. The van der Waals surface area contributed by atoms with E-state index in [2.05, 4.69) is 4.99 Å². The summed E-state index contributed by atoms with van der Waals surface area (Å²) in [6.45, 7) is 0.416. The Morgan fingerprint density at radius 3 is 2.37 bits per heavy atom. The van der Waals surface area contributed by atoms with Gasteiger partial charge in [-0.05, 0) is 29.3 Å². The largest absolute Gasteiger partial charge is 0.508 e. The fourth-order valence-electron chi connectivity index (χ4n) is 5.23. The van der Waals surface area contributed by atoms with Crippen molar-refractivity contribution in [3.8, 4) is 34.3 Å². The van der Waals surface area contributed by atoms with E-state index in [9.17, 15) is 45.3 Å². The number of aliphatic imine (C=N–C) groups is 1. The van der Waals surface area contributed by atoms with E-state index in [4.69, 9.17) is 13.9 Å². The molecular weight excluding hydrogens is 566 g/mol. The Hall–Kier alpha value is -4.95. The van der Waals surface area contributed by atoms with Gasteiger partial charge in [0.1, 0.15) is 40.8 Å². The van der Waals surface area contributed by atoms with Gasteiger partial charge in [0, 0.05) is 35.4 Å². The van der Waals surface area contributed by atoms with E-state index in [1.807, 2.05) is 24.3 Å². The first kappa shape index (κ1) is 28.2. The van der Waals surface area contributed by atoms with Crippen LogP contribution >= 0.6 is 0 Å². The van der Waals surface area contributed by atoms with E-state index < -0.39 is 64.7 Å². The number of carbonyl (C=O) groups is 1. The van der Waals surface area contributed by atoms with Crippen LogP contribution in [0.25, 0.3) is 22.3 Å². The number of aliphatic hydroxyl groups excluding tert-OH is 3. The normalized spacial score (nSPS) is 23.4. The van der Waals surface area contributed by atoms with Crippen LogP contribution in [0.15, 0.2) is 68.8 Å². The van der Waals surface area contributed by atoms with Crippen molar-refractivity contribution in [2.24, 2.45) is 4.99 Å². The van der Waals surface area contributed by atoms with Gasteiger partial charge in [0.2, 0.25) is 12.0 Å².